The van der Waals surface area contributed by atoms with Crippen LogP contribution < -0.4 is 5.32 Å². The van der Waals surface area contributed by atoms with Crippen LogP contribution in [0.2, 0.25) is 0 Å². The molecule has 104 valence electrons. The van der Waals surface area contributed by atoms with Crippen molar-refractivity contribution in [1.82, 2.24) is 5.32 Å². The lowest BCUT2D eigenvalue weighted by molar-refractivity contribution is -0.138. The summed E-state index contributed by atoms with van der Waals surface area (Å²) in [7, 11) is 0. The van der Waals surface area contributed by atoms with Crippen molar-refractivity contribution in [1.29, 1.82) is 0 Å². The Labute approximate surface area is 110 Å². The minimum Gasteiger partial charge on any atom is -0.463 e. The Balaban J connectivity index is 3.57. The average Bonchev–Trinajstić information content (AvgIpc) is 2.36. The molecule has 0 aliphatic heterocycles. The Morgan fingerprint density at radius 3 is 2.39 bits per heavy atom. The van der Waals surface area contributed by atoms with Crippen LogP contribution in [0.5, 0.6) is 0 Å². The first-order valence-corrected chi connectivity index (χ1v) is 6.83. The second kappa shape index (κ2) is 12.1. The molecule has 1 N–H and O–H groups in total. The van der Waals surface area contributed by atoms with E-state index in [9.17, 15) is 9.59 Å². The number of unbranched alkanes of at least 4 members (excludes halogenated alkanes) is 4. The molecule has 0 aromatic heterocycles. The van der Waals surface area contributed by atoms with E-state index < -0.39 is 5.97 Å². The molecule has 0 radical (unpaired) electrons. The van der Waals surface area contributed by atoms with Gasteiger partial charge in [0.05, 0.1) is 6.61 Å². The van der Waals surface area contributed by atoms with Crippen molar-refractivity contribution < 1.29 is 14.3 Å². The topological polar surface area (TPSA) is 55.4 Å². The lowest BCUT2D eigenvalue weighted by atomic mass is 10.2. The van der Waals surface area contributed by atoms with Crippen molar-refractivity contribution >= 4 is 11.9 Å². The molecule has 0 aliphatic rings. The zero-order chi connectivity index (χ0) is 13.6. The van der Waals surface area contributed by atoms with Crippen LogP contribution in [0.4, 0.5) is 0 Å². The fraction of sp³-hybridized carbons (Fsp3) is 0.714. The third-order valence-corrected chi connectivity index (χ3v) is 2.44. The molecule has 0 rings (SSSR count). The molecule has 0 aromatic rings. The van der Waals surface area contributed by atoms with E-state index in [1.807, 2.05) is 0 Å². The number of carbonyl (C=O) groups excluding carboxylic acids is 2. The van der Waals surface area contributed by atoms with Crippen LogP contribution in [-0.2, 0) is 14.3 Å². The molecule has 0 aromatic carbocycles. The van der Waals surface area contributed by atoms with Crippen LogP contribution >= 0.6 is 0 Å². The largest absolute Gasteiger partial charge is 0.463 e. The maximum atomic E-state index is 11.2. The smallest absolute Gasteiger partial charge is 0.330 e. The van der Waals surface area contributed by atoms with E-state index in [0.717, 1.165) is 38.5 Å². The van der Waals surface area contributed by atoms with Crippen LogP contribution in [0.1, 0.15) is 52.4 Å². The van der Waals surface area contributed by atoms with Gasteiger partial charge in [-0.3, -0.25) is 4.79 Å². The number of esters is 1. The predicted octanol–water partition coefficient (Wildman–Crippen LogP) is 2.58. The van der Waals surface area contributed by atoms with E-state index in [4.69, 9.17) is 4.74 Å². The highest BCUT2D eigenvalue weighted by atomic mass is 16.5. The summed E-state index contributed by atoms with van der Waals surface area (Å²) in [6.07, 6.45) is 8.66. The van der Waals surface area contributed by atoms with Gasteiger partial charge >= 0.3 is 5.97 Å². The van der Waals surface area contributed by atoms with Crippen LogP contribution in [0.25, 0.3) is 0 Å². The van der Waals surface area contributed by atoms with E-state index in [2.05, 4.69) is 19.2 Å². The summed E-state index contributed by atoms with van der Waals surface area (Å²) in [6, 6.07) is 0. The van der Waals surface area contributed by atoms with Crippen LogP contribution in [0, 0.1) is 0 Å². The molecule has 0 atom stereocenters. The maximum Gasteiger partial charge on any atom is 0.330 e. The van der Waals surface area contributed by atoms with Crippen LogP contribution in [-0.4, -0.2) is 25.0 Å². The highest BCUT2D eigenvalue weighted by Crippen LogP contribution is 1.99. The van der Waals surface area contributed by atoms with Gasteiger partial charge in [0, 0.05) is 18.7 Å². The van der Waals surface area contributed by atoms with Gasteiger partial charge in [-0.2, -0.15) is 0 Å². The number of hydrogen-bond donors (Lipinski definition) is 1. The van der Waals surface area contributed by atoms with Crippen molar-refractivity contribution in [2.24, 2.45) is 0 Å². The molecule has 0 spiro atoms. The first kappa shape index (κ1) is 16.7. The fourth-order valence-electron chi connectivity index (χ4n) is 1.34. The van der Waals surface area contributed by atoms with E-state index in [0.29, 0.717) is 13.2 Å². The molecule has 0 saturated carbocycles. The van der Waals surface area contributed by atoms with Gasteiger partial charge in [0.2, 0.25) is 5.91 Å². The Morgan fingerprint density at radius 2 is 1.72 bits per heavy atom. The van der Waals surface area contributed by atoms with Gasteiger partial charge in [0.15, 0.2) is 0 Å². The quantitative estimate of drug-likeness (QED) is 0.371. The normalized spacial score (nSPS) is 10.6. The molecule has 0 aliphatic carbocycles. The lowest BCUT2D eigenvalue weighted by Crippen LogP contribution is -2.22. The summed E-state index contributed by atoms with van der Waals surface area (Å²) in [5.74, 6) is -0.691. The molecule has 0 unspecified atom stereocenters. The number of carbonyl (C=O) groups is 2. The van der Waals surface area contributed by atoms with Gasteiger partial charge < -0.3 is 10.1 Å². The van der Waals surface area contributed by atoms with E-state index in [1.54, 1.807) is 0 Å². The predicted molar refractivity (Wildman–Crippen MR) is 72.2 cm³/mol. The minimum absolute atomic E-state index is 0.244. The number of amides is 1. The number of ether oxygens (including phenoxy) is 1. The first-order chi connectivity index (χ1) is 8.70. The van der Waals surface area contributed by atoms with Crippen LogP contribution in [0.15, 0.2) is 12.2 Å². The zero-order valence-electron chi connectivity index (χ0n) is 11.5. The molecular weight excluding hydrogens is 230 g/mol. The van der Waals surface area contributed by atoms with Crippen LogP contribution in [0.3, 0.4) is 0 Å². The number of rotatable bonds is 10. The second-order valence-corrected chi connectivity index (χ2v) is 4.21. The van der Waals surface area contributed by atoms with E-state index in [-0.39, 0.29) is 5.91 Å². The summed E-state index contributed by atoms with van der Waals surface area (Å²) in [5, 5.41) is 2.69. The Morgan fingerprint density at radius 1 is 1.00 bits per heavy atom. The molecule has 0 bridgehead atoms. The maximum absolute atomic E-state index is 11.2. The second-order valence-electron chi connectivity index (χ2n) is 4.21. The SMILES string of the molecule is CCCCCCOC(=O)C=CC(=O)NCCCC. The van der Waals surface area contributed by atoms with Crippen molar-refractivity contribution in [3.63, 3.8) is 0 Å². The summed E-state index contributed by atoms with van der Waals surface area (Å²) < 4.78 is 4.96. The Bertz CT molecular complexity index is 262. The van der Waals surface area contributed by atoms with Crippen molar-refractivity contribution in [3.05, 3.63) is 12.2 Å². The third kappa shape index (κ3) is 11.2. The summed E-state index contributed by atoms with van der Waals surface area (Å²) >= 11 is 0. The van der Waals surface area contributed by atoms with Gasteiger partial charge in [-0.15, -0.1) is 0 Å². The highest BCUT2D eigenvalue weighted by molar-refractivity contribution is 5.94. The molecule has 1 amide bonds. The summed E-state index contributed by atoms with van der Waals surface area (Å²) in [4.78, 5) is 22.5. The van der Waals surface area contributed by atoms with Crippen molar-refractivity contribution in [2.75, 3.05) is 13.2 Å². The van der Waals surface area contributed by atoms with Gasteiger partial charge in [-0.05, 0) is 12.8 Å². The Kier molecular flexibility index (Phi) is 11.3. The van der Waals surface area contributed by atoms with E-state index in [1.165, 1.54) is 12.2 Å². The molecular formula is C14H25NO3. The summed E-state index contributed by atoms with van der Waals surface area (Å²) in [5.41, 5.74) is 0. The van der Waals surface area contributed by atoms with E-state index >= 15 is 0 Å². The fourth-order valence-corrected chi connectivity index (χ4v) is 1.34. The zero-order valence-corrected chi connectivity index (χ0v) is 11.5. The molecule has 0 heterocycles. The Hall–Kier alpha value is -1.32. The van der Waals surface area contributed by atoms with Gasteiger partial charge in [-0.25, -0.2) is 4.79 Å². The van der Waals surface area contributed by atoms with Gasteiger partial charge in [-0.1, -0.05) is 39.5 Å². The molecule has 4 heteroatoms. The highest BCUT2D eigenvalue weighted by Gasteiger charge is 1.99. The molecule has 0 saturated heterocycles. The molecule has 0 fully saturated rings. The lowest BCUT2D eigenvalue weighted by Gasteiger charge is -2.01. The monoisotopic (exact) mass is 255 g/mol. The standard InChI is InChI=1S/C14H25NO3/c1-3-5-7-8-12-18-14(17)10-9-13(16)15-11-6-4-2/h9-10H,3-8,11-12H2,1-2H3,(H,15,16). The summed E-state index contributed by atoms with van der Waals surface area (Å²) in [6.45, 7) is 5.26. The number of nitrogens with one attached hydrogen (secondary N) is 1. The number of hydrogen-bond acceptors (Lipinski definition) is 3. The average molecular weight is 255 g/mol. The van der Waals surface area contributed by atoms with Crippen molar-refractivity contribution in [3.8, 4) is 0 Å². The molecule has 18 heavy (non-hydrogen) atoms. The van der Waals surface area contributed by atoms with Gasteiger partial charge in [0.1, 0.15) is 0 Å². The first-order valence-electron chi connectivity index (χ1n) is 6.83. The minimum atomic E-state index is -0.447. The van der Waals surface area contributed by atoms with Crippen molar-refractivity contribution in [2.45, 2.75) is 52.4 Å². The van der Waals surface area contributed by atoms with Gasteiger partial charge in [0.25, 0.3) is 0 Å². The third-order valence-electron chi connectivity index (χ3n) is 2.44. The molecule has 4 nitrogen and oxygen atoms in total.